The van der Waals surface area contributed by atoms with E-state index in [0.29, 0.717) is 36.7 Å². The van der Waals surface area contributed by atoms with E-state index in [1.807, 2.05) is 6.07 Å². The molecular weight excluding hydrogens is 717 g/mol. The molecule has 6 atom stereocenters. The second kappa shape index (κ2) is 17.2. The van der Waals surface area contributed by atoms with Crippen LogP contribution in [0.3, 0.4) is 0 Å². The largest absolute Gasteiger partial charge is 0.492 e. The molecule has 51 heavy (non-hydrogen) atoms. The summed E-state index contributed by atoms with van der Waals surface area (Å²) in [6.07, 6.45) is -4.22. The van der Waals surface area contributed by atoms with Crippen LogP contribution in [0.2, 0.25) is 0 Å². The molecule has 2 unspecified atom stereocenters. The Labute approximate surface area is 304 Å². The Hall–Kier alpha value is -2.29. The summed E-state index contributed by atoms with van der Waals surface area (Å²) in [5.74, 6) is 4.18. The number of rotatable bonds is 14. The number of fused-ring (bicyclic) bond motifs is 5. The van der Waals surface area contributed by atoms with Crippen molar-refractivity contribution in [2.24, 2.45) is 17.3 Å². The molecule has 0 N–H and O–H groups in total. The van der Waals surface area contributed by atoms with Gasteiger partial charge in [0.2, 0.25) is 6.10 Å². The van der Waals surface area contributed by atoms with Crippen molar-refractivity contribution in [1.29, 1.82) is 0 Å². The number of hydrogen-bond donors (Lipinski definition) is 0. The van der Waals surface area contributed by atoms with Gasteiger partial charge in [0.15, 0.2) is 0 Å². The van der Waals surface area contributed by atoms with E-state index in [0.717, 1.165) is 62.2 Å². The number of halogens is 6. The molecule has 0 spiro atoms. The molecule has 0 aromatic heterocycles. The van der Waals surface area contributed by atoms with Gasteiger partial charge in [-0.1, -0.05) is 53.8 Å². The molecule has 1 saturated heterocycles. The number of alkyl halides is 6. The smallest absolute Gasteiger partial charge is 0.423 e. The number of amides is 1. The van der Waals surface area contributed by atoms with Crippen LogP contribution in [0.25, 0.3) is 0 Å². The molecule has 284 valence electrons. The van der Waals surface area contributed by atoms with E-state index < -0.39 is 31.2 Å². The Bertz CT molecular complexity index is 1390. The zero-order chi connectivity index (χ0) is 36.8. The van der Waals surface area contributed by atoms with Gasteiger partial charge in [-0.05, 0) is 110 Å². The number of allylic oxidation sites excluding steroid dienone is 3. The van der Waals surface area contributed by atoms with Crippen molar-refractivity contribution < 1.29 is 50.1 Å². The highest BCUT2D eigenvalue weighted by Gasteiger charge is 2.58. The third-order valence-electron chi connectivity index (χ3n) is 10.9. The van der Waals surface area contributed by atoms with Crippen molar-refractivity contribution in [2.75, 3.05) is 37.9 Å². The number of hydrogen-bond acceptors (Lipinski definition) is 7. The first-order valence-corrected chi connectivity index (χ1v) is 20.0. The van der Waals surface area contributed by atoms with Crippen molar-refractivity contribution >= 4 is 27.7 Å². The van der Waals surface area contributed by atoms with Gasteiger partial charge in [-0.15, -0.1) is 0 Å². The van der Waals surface area contributed by atoms with E-state index in [-0.39, 0.29) is 30.6 Å². The molecule has 0 bridgehead atoms. The Kier molecular flexibility index (Phi) is 13.5. The average Bonchev–Trinajstić information content (AvgIpc) is 3.42. The van der Waals surface area contributed by atoms with E-state index in [4.69, 9.17) is 14.2 Å². The normalized spacial score (nSPS) is 28.0. The molecule has 1 aromatic carbocycles. The fourth-order valence-electron chi connectivity index (χ4n) is 8.54. The van der Waals surface area contributed by atoms with Crippen LogP contribution in [0.5, 0.6) is 5.75 Å². The van der Waals surface area contributed by atoms with Crippen LogP contribution in [-0.2, 0) is 20.6 Å². The minimum Gasteiger partial charge on any atom is -0.492 e. The maximum Gasteiger partial charge on any atom is 0.423 e. The quantitative estimate of drug-likeness (QED) is 0.0615. The fourth-order valence-corrected chi connectivity index (χ4v) is 11.0. The molecule has 1 aliphatic heterocycles. The minimum absolute atomic E-state index is 0.0449. The summed E-state index contributed by atoms with van der Waals surface area (Å²) in [5, 5.41) is 0. The predicted octanol–water partition coefficient (Wildman–Crippen LogP) is 10.1. The van der Waals surface area contributed by atoms with Gasteiger partial charge in [-0.25, -0.2) is 4.79 Å². The van der Waals surface area contributed by atoms with E-state index in [1.165, 1.54) is 17.2 Å². The van der Waals surface area contributed by atoms with E-state index in [2.05, 4.69) is 37.0 Å². The summed E-state index contributed by atoms with van der Waals surface area (Å²) in [6.45, 7) is 9.68. The van der Waals surface area contributed by atoms with Gasteiger partial charge in [-0.3, -0.25) is 0 Å². The maximum absolute atomic E-state index is 13.2. The molecule has 4 aliphatic rings. The zero-order valence-electron chi connectivity index (χ0n) is 28.8. The lowest BCUT2D eigenvalue weighted by atomic mass is 9.55. The first-order chi connectivity index (χ1) is 24.3. The Morgan fingerprint density at radius 1 is 1.04 bits per heavy atom. The highest BCUT2D eigenvalue weighted by molar-refractivity contribution is 8.76. The second-order valence-electron chi connectivity index (χ2n) is 13.9. The number of aryl methyl sites for hydroxylation is 1. The highest BCUT2D eigenvalue weighted by Crippen LogP contribution is 2.61. The van der Waals surface area contributed by atoms with E-state index in [1.54, 1.807) is 38.6 Å². The van der Waals surface area contributed by atoms with Gasteiger partial charge < -0.3 is 23.8 Å². The molecule has 1 aromatic rings. The van der Waals surface area contributed by atoms with Crippen LogP contribution in [0.4, 0.5) is 31.1 Å². The van der Waals surface area contributed by atoms with Gasteiger partial charge in [0.1, 0.15) is 18.1 Å². The Morgan fingerprint density at radius 2 is 1.82 bits per heavy atom. The van der Waals surface area contributed by atoms with Gasteiger partial charge >= 0.3 is 18.4 Å². The highest BCUT2D eigenvalue weighted by atomic mass is 33.1. The maximum atomic E-state index is 13.2. The van der Waals surface area contributed by atoms with Crippen molar-refractivity contribution in [1.82, 2.24) is 4.90 Å². The number of benzene rings is 1. The molecule has 5 rings (SSSR count). The molecule has 3 aliphatic carbocycles. The van der Waals surface area contributed by atoms with Gasteiger partial charge in [-0.2, -0.15) is 26.3 Å². The molecule has 3 fully saturated rings. The summed E-state index contributed by atoms with van der Waals surface area (Å²) in [4.78, 5) is 14.9. The van der Waals surface area contributed by atoms with E-state index in [9.17, 15) is 31.1 Å². The van der Waals surface area contributed by atoms with Gasteiger partial charge in [0.05, 0.1) is 12.6 Å². The lowest BCUT2D eigenvalue weighted by Gasteiger charge is -2.50. The number of carbonyl (C=O) groups is 1. The van der Waals surface area contributed by atoms with Crippen LogP contribution < -0.4 is 4.74 Å². The molecule has 1 amide bonds. The van der Waals surface area contributed by atoms with Crippen LogP contribution >= 0.6 is 21.6 Å². The summed E-state index contributed by atoms with van der Waals surface area (Å²) in [5.41, 5.74) is 2.53. The lowest BCUT2D eigenvalue weighted by Crippen LogP contribution is -2.45. The monoisotopic (exact) mass is 763 g/mol. The standard InChI is InChI=1S/C37H47F6NO5S2/c1-4-7-26(5-2)49-34(45)44(25-15-21-50-51-23-25)17-20-46-27-9-11-28-24(22-27)8-10-30-29(28)14-16-35(3)31(30)12-13-32(35)47-18-6-19-48-33(36(38,39)40)37(41,42)43/h4-5,7,9,11,22,25,29-33H,1-2,6,8,10,12-21,23H2,3H3/b26-7+/t25-,29?,30+,31?,32-,35-/m0/s1. The first-order valence-electron chi connectivity index (χ1n) is 17.6. The van der Waals surface area contributed by atoms with Gasteiger partial charge in [0, 0.05) is 30.8 Å². The van der Waals surface area contributed by atoms with Crippen LogP contribution in [0, 0.1) is 17.3 Å². The summed E-state index contributed by atoms with van der Waals surface area (Å²) in [6, 6.07) is 6.36. The van der Waals surface area contributed by atoms with Crippen molar-refractivity contribution in [3.8, 4) is 5.75 Å². The molecule has 0 radical (unpaired) electrons. The SMILES string of the molecule is C=C/C=C(\C=C)OC(=O)N(CCOc1ccc2c(c1)CC[C@@H]1C2CC[C@@]2(C)C1CC[C@@H]2OCCCOC(C(F)(F)F)C(F)(F)F)[C@H]1CCSSC1. The second-order valence-corrected chi connectivity index (χ2v) is 16.5. The topological polar surface area (TPSA) is 57.2 Å². The Balaban J connectivity index is 1.14. The summed E-state index contributed by atoms with van der Waals surface area (Å²) in [7, 11) is 3.56. The van der Waals surface area contributed by atoms with Crippen LogP contribution in [0.15, 0.2) is 55.3 Å². The molecule has 14 heteroatoms. The first kappa shape index (κ1) is 39.9. The third kappa shape index (κ3) is 9.64. The van der Waals surface area contributed by atoms with Crippen molar-refractivity contribution in [3.63, 3.8) is 0 Å². The molecule has 2 saturated carbocycles. The van der Waals surface area contributed by atoms with Crippen molar-refractivity contribution in [3.05, 3.63) is 66.5 Å². The number of nitrogens with zero attached hydrogens (tertiary/aromatic N) is 1. The average molecular weight is 764 g/mol. The van der Waals surface area contributed by atoms with E-state index >= 15 is 0 Å². The number of carbonyl (C=O) groups excluding carboxylic acids is 1. The fraction of sp³-hybridized carbons (Fsp3) is 0.649. The minimum atomic E-state index is -5.51. The van der Waals surface area contributed by atoms with Gasteiger partial charge in [0.25, 0.3) is 0 Å². The third-order valence-corrected chi connectivity index (χ3v) is 13.4. The van der Waals surface area contributed by atoms with Crippen LogP contribution in [0.1, 0.15) is 68.9 Å². The number of ether oxygens (including phenoxy) is 4. The van der Waals surface area contributed by atoms with Crippen molar-refractivity contribution in [2.45, 2.75) is 94.8 Å². The predicted molar refractivity (Wildman–Crippen MR) is 188 cm³/mol. The lowest BCUT2D eigenvalue weighted by molar-refractivity contribution is -0.322. The summed E-state index contributed by atoms with van der Waals surface area (Å²) < 4.78 is 98.7. The molecule has 6 nitrogen and oxygen atoms in total. The molecule has 1 heterocycles. The van der Waals surface area contributed by atoms with Crippen LogP contribution in [-0.4, -0.2) is 79.5 Å². The zero-order valence-corrected chi connectivity index (χ0v) is 30.4. The summed E-state index contributed by atoms with van der Waals surface area (Å²) >= 11 is 0. The molecular formula is C37H47F6NO5S2. The Morgan fingerprint density at radius 3 is 2.51 bits per heavy atom.